The molecule has 1 aliphatic rings. The molecule has 31 heavy (non-hydrogen) atoms. The van der Waals surface area contributed by atoms with Crippen molar-refractivity contribution in [1.29, 1.82) is 0 Å². The highest BCUT2D eigenvalue weighted by molar-refractivity contribution is 7.89. The van der Waals surface area contributed by atoms with Crippen LogP contribution in [0.4, 0.5) is 10.5 Å². The Bertz CT molecular complexity index is 995. The summed E-state index contributed by atoms with van der Waals surface area (Å²) in [6.07, 6.45) is -0.812. The van der Waals surface area contributed by atoms with Crippen LogP contribution in [0.1, 0.15) is 32.3 Å². The number of nitrogens with one attached hydrogen (secondary N) is 1. The number of aryl methyl sites for hydroxylation is 1. The van der Waals surface area contributed by atoms with E-state index in [0.717, 1.165) is 5.56 Å². The van der Waals surface area contributed by atoms with Crippen LogP contribution in [0.5, 0.6) is 5.75 Å². The van der Waals surface area contributed by atoms with E-state index in [9.17, 15) is 18.3 Å². The number of anilines is 1. The summed E-state index contributed by atoms with van der Waals surface area (Å²) in [5.74, 6) is -1.06. The molecular formula is C22H28N2O6S. The Balaban J connectivity index is 1.55. The largest absolute Gasteiger partial charge is 0.491 e. The number of carbonyl (C=O) groups is 1. The summed E-state index contributed by atoms with van der Waals surface area (Å²) in [6, 6.07) is 13.4. The topological polar surface area (TPSA) is 105 Å². The fourth-order valence-corrected chi connectivity index (χ4v) is 4.68. The lowest BCUT2D eigenvalue weighted by Gasteiger charge is -2.36. The van der Waals surface area contributed by atoms with E-state index in [4.69, 9.17) is 9.47 Å². The van der Waals surface area contributed by atoms with Crippen molar-refractivity contribution in [3.05, 3.63) is 54.1 Å². The smallest absolute Gasteiger partial charge is 0.414 e. The zero-order valence-corrected chi connectivity index (χ0v) is 18.7. The summed E-state index contributed by atoms with van der Waals surface area (Å²) in [5, 5.41) is 13.2. The van der Waals surface area contributed by atoms with Gasteiger partial charge in [-0.05, 0) is 57.2 Å². The van der Waals surface area contributed by atoms with Crippen molar-refractivity contribution in [2.75, 3.05) is 18.4 Å². The average molecular weight is 449 g/mol. The molecule has 8 nitrogen and oxygen atoms in total. The summed E-state index contributed by atoms with van der Waals surface area (Å²) in [5.41, 5.74) is 1.46. The fraction of sp³-hybridized carbons (Fsp3) is 0.409. The molecule has 2 aromatic rings. The number of rotatable bonds is 6. The summed E-state index contributed by atoms with van der Waals surface area (Å²) >= 11 is 0. The SMILES string of the molecule is Cc1ccc(S(=O)(=O)N2CCC(O)(OC(=O)Nc3ccc(OC(C)C)cc3)CC2)cc1. The maximum Gasteiger partial charge on any atom is 0.414 e. The van der Waals surface area contributed by atoms with Crippen molar-refractivity contribution in [2.45, 2.75) is 50.4 Å². The Morgan fingerprint density at radius 1 is 1.06 bits per heavy atom. The van der Waals surface area contributed by atoms with Crippen molar-refractivity contribution < 1.29 is 27.8 Å². The van der Waals surface area contributed by atoms with Crippen LogP contribution >= 0.6 is 0 Å². The minimum absolute atomic E-state index is 0.0212. The van der Waals surface area contributed by atoms with Gasteiger partial charge in [-0.1, -0.05) is 17.7 Å². The van der Waals surface area contributed by atoms with E-state index in [-0.39, 0.29) is 36.9 Å². The molecule has 0 radical (unpaired) electrons. The maximum absolute atomic E-state index is 12.8. The third kappa shape index (κ3) is 5.96. The predicted molar refractivity (Wildman–Crippen MR) is 116 cm³/mol. The van der Waals surface area contributed by atoms with E-state index in [2.05, 4.69) is 5.32 Å². The van der Waals surface area contributed by atoms with Crippen LogP contribution in [-0.2, 0) is 14.8 Å². The fourth-order valence-electron chi connectivity index (χ4n) is 3.24. The first-order valence-electron chi connectivity index (χ1n) is 10.1. The second kappa shape index (κ2) is 9.25. The Hall–Kier alpha value is -2.62. The van der Waals surface area contributed by atoms with Gasteiger partial charge in [0.2, 0.25) is 15.8 Å². The zero-order chi connectivity index (χ0) is 22.6. The highest BCUT2D eigenvalue weighted by Crippen LogP contribution is 2.28. The number of benzene rings is 2. The third-order valence-corrected chi connectivity index (χ3v) is 6.83. The molecule has 0 unspecified atom stereocenters. The van der Waals surface area contributed by atoms with Gasteiger partial charge in [0.05, 0.1) is 11.0 Å². The van der Waals surface area contributed by atoms with Crippen LogP contribution in [-0.4, -0.2) is 48.9 Å². The summed E-state index contributed by atoms with van der Waals surface area (Å²) < 4.78 is 37.6. The summed E-state index contributed by atoms with van der Waals surface area (Å²) in [4.78, 5) is 12.4. The molecule has 168 valence electrons. The number of carbonyl (C=O) groups excluding carboxylic acids is 1. The van der Waals surface area contributed by atoms with Crippen LogP contribution in [0.3, 0.4) is 0 Å². The average Bonchev–Trinajstić information content (AvgIpc) is 2.69. The van der Waals surface area contributed by atoms with Crippen molar-refractivity contribution in [2.24, 2.45) is 0 Å². The molecule has 0 saturated carbocycles. The van der Waals surface area contributed by atoms with Crippen molar-refractivity contribution in [3.63, 3.8) is 0 Å². The molecule has 1 amide bonds. The van der Waals surface area contributed by atoms with Crippen molar-refractivity contribution >= 4 is 21.8 Å². The van der Waals surface area contributed by atoms with E-state index in [0.29, 0.717) is 11.4 Å². The Labute approximate surface area is 182 Å². The monoisotopic (exact) mass is 448 g/mol. The predicted octanol–water partition coefficient (Wildman–Crippen LogP) is 3.50. The molecule has 0 atom stereocenters. The zero-order valence-electron chi connectivity index (χ0n) is 17.9. The molecule has 2 aromatic carbocycles. The molecule has 0 aromatic heterocycles. The molecule has 1 saturated heterocycles. The quantitative estimate of drug-likeness (QED) is 0.656. The van der Waals surface area contributed by atoms with E-state index in [1.807, 2.05) is 20.8 Å². The normalized spacial score (nSPS) is 16.7. The van der Waals surface area contributed by atoms with Crippen LogP contribution in [0.25, 0.3) is 0 Å². The number of ether oxygens (including phenoxy) is 2. The highest BCUT2D eigenvalue weighted by atomic mass is 32.2. The van der Waals surface area contributed by atoms with Crippen molar-refractivity contribution in [1.82, 2.24) is 4.31 Å². The minimum atomic E-state index is -3.66. The lowest BCUT2D eigenvalue weighted by molar-refractivity contribution is -0.180. The van der Waals surface area contributed by atoms with Gasteiger partial charge in [0.1, 0.15) is 5.75 Å². The van der Waals surface area contributed by atoms with Crippen LogP contribution < -0.4 is 10.1 Å². The Morgan fingerprint density at radius 3 is 2.19 bits per heavy atom. The van der Waals surface area contributed by atoms with Gasteiger partial charge in [-0.15, -0.1) is 0 Å². The molecule has 9 heteroatoms. The minimum Gasteiger partial charge on any atom is -0.491 e. The first kappa shape index (κ1) is 23.1. The Morgan fingerprint density at radius 2 is 1.65 bits per heavy atom. The number of nitrogens with zero attached hydrogens (tertiary/aromatic N) is 1. The Kier molecular flexibility index (Phi) is 6.88. The molecule has 0 spiro atoms. The van der Waals surface area contributed by atoms with Gasteiger partial charge in [0.25, 0.3) is 0 Å². The third-order valence-electron chi connectivity index (χ3n) is 4.92. The van der Waals surface area contributed by atoms with Crippen LogP contribution in [0, 0.1) is 6.92 Å². The van der Waals surface area contributed by atoms with E-state index in [1.54, 1.807) is 48.5 Å². The van der Waals surface area contributed by atoms with Gasteiger partial charge in [-0.2, -0.15) is 4.31 Å². The summed E-state index contributed by atoms with van der Waals surface area (Å²) in [6.45, 7) is 5.80. The van der Waals surface area contributed by atoms with Gasteiger partial charge in [-0.3, -0.25) is 5.32 Å². The van der Waals surface area contributed by atoms with Gasteiger partial charge < -0.3 is 14.6 Å². The molecule has 1 fully saturated rings. The molecule has 1 heterocycles. The van der Waals surface area contributed by atoms with Gasteiger partial charge in [0.15, 0.2) is 0 Å². The van der Waals surface area contributed by atoms with E-state index >= 15 is 0 Å². The number of aliphatic hydroxyl groups is 1. The lowest BCUT2D eigenvalue weighted by Crippen LogP contribution is -2.49. The number of hydrogen-bond acceptors (Lipinski definition) is 6. The highest BCUT2D eigenvalue weighted by Gasteiger charge is 2.40. The first-order chi connectivity index (χ1) is 14.6. The van der Waals surface area contributed by atoms with Crippen molar-refractivity contribution in [3.8, 4) is 5.75 Å². The molecular weight excluding hydrogens is 420 g/mol. The number of sulfonamides is 1. The van der Waals surface area contributed by atoms with Gasteiger partial charge >= 0.3 is 6.09 Å². The first-order valence-corrected chi connectivity index (χ1v) is 11.6. The molecule has 0 aliphatic carbocycles. The number of hydrogen-bond donors (Lipinski definition) is 2. The van der Waals surface area contributed by atoms with Gasteiger partial charge in [-0.25, -0.2) is 13.2 Å². The second-order valence-electron chi connectivity index (χ2n) is 7.87. The molecule has 1 aliphatic heterocycles. The lowest BCUT2D eigenvalue weighted by atomic mass is 10.1. The van der Waals surface area contributed by atoms with Crippen LogP contribution in [0.2, 0.25) is 0 Å². The molecule has 2 N–H and O–H groups in total. The van der Waals surface area contributed by atoms with E-state index in [1.165, 1.54) is 4.31 Å². The van der Waals surface area contributed by atoms with Crippen LogP contribution in [0.15, 0.2) is 53.4 Å². The number of amides is 1. The summed E-state index contributed by atoms with van der Waals surface area (Å²) in [7, 11) is -3.66. The molecule has 3 rings (SSSR count). The standard InChI is InChI=1S/C22H28N2O6S/c1-16(2)29-19-8-6-18(7-9-19)23-21(25)30-22(26)12-14-24(15-13-22)31(27,28)20-10-4-17(3)5-11-20/h4-11,16,26H,12-15H2,1-3H3,(H,23,25). The van der Waals surface area contributed by atoms with E-state index < -0.39 is 21.9 Å². The maximum atomic E-state index is 12.8. The second-order valence-corrected chi connectivity index (χ2v) is 9.81. The molecule has 0 bridgehead atoms. The van der Waals surface area contributed by atoms with Gasteiger partial charge in [0, 0.05) is 31.6 Å². The number of piperidine rings is 1.